The third kappa shape index (κ3) is 5.85. The van der Waals surface area contributed by atoms with Crippen molar-refractivity contribution < 1.29 is 19.1 Å². The summed E-state index contributed by atoms with van der Waals surface area (Å²) in [5.41, 5.74) is 8.66. The van der Waals surface area contributed by atoms with Gasteiger partial charge in [-0.25, -0.2) is 9.59 Å². The minimum absolute atomic E-state index is 0.115. The molecule has 1 aliphatic rings. The highest BCUT2D eigenvalue weighted by Gasteiger charge is 2.37. The maximum absolute atomic E-state index is 13.0. The molecule has 0 aromatic heterocycles. The second-order valence-corrected chi connectivity index (χ2v) is 11.6. The first-order valence-corrected chi connectivity index (χ1v) is 13.9. The molecule has 0 saturated carbocycles. The van der Waals surface area contributed by atoms with Gasteiger partial charge in [-0.3, -0.25) is 0 Å². The van der Waals surface area contributed by atoms with Crippen LogP contribution in [0.1, 0.15) is 104 Å². The highest BCUT2D eigenvalue weighted by atomic mass is 16.5. The predicted molar refractivity (Wildman–Crippen MR) is 159 cm³/mol. The first kappa shape index (κ1) is 28.4. The van der Waals surface area contributed by atoms with E-state index in [2.05, 4.69) is 58.9 Å². The van der Waals surface area contributed by atoms with Crippen LogP contribution in [0.25, 0.3) is 22.8 Å². The number of hydrogen-bond donors (Lipinski definition) is 0. The minimum Gasteiger partial charge on any atom is -0.462 e. The van der Waals surface area contributed by atoms with Crippen LogP contribution in [0.2, 0.25) is 0 Å². The first-order valence-electron chi connectivity index (χ1n) is 13.9. The zero-order valence-corrected chi connectivity index (χ0v) is 24.3. The van der Waals surface area contributed by atoms with E-state index in [1.165, 1.54) is 17.5 Å². The maximum Gasteiger partial charge on any atom is 0.338 e. The molecule has 0 atom stereocenters. The zero-order chi connectivity index (χ0) is 28.4. The van der Waals surface area contributed by atoms with E-state index in [1.54, 1.807) is 32.0 Å². The lowest BCUT2D eigenvalue weighted by Gasteiger charge is -2.42. The van der Waals surface area contributed by atoms with Crippen LogP contribution in [0, 0.1) is 0 Å². The van der Waals surface area contributed by atoms with Crippen molar-refractivity contribution >= 4 is 23.6 Å². The molecule has 4 heteroatoms. The third-order valence-corrected chi connectivity index (χ3v) is 7.93. The molecule has 0 fully saturated rings. The predicted octanol–water partition coefficient (Wildman–Crippen LogP) is 8.62. The molecular weight excluding hydrogens is 484 g/mol. The fourth-order valence-corrected chi connectivity index (χ4v) is 5.56. The molecule has 204 valence electrons. The van der Waals surface area contributed by atoms with E-state index in [-0.39, 0.29) is 29.4 Å². The van der Waals surface area contributed by atoms with Crippen molar-refractivity contribution in [2.45, 2.75) is 72.1 Å². The normalized spacial score (nSPS) is 15.8. The van der Waals surface area contributed by atoms with E-state index < -0.39 is 0 Å². The molecule has 0 aliphatic heterocycles. The summed E-state index contributed by atoms with van der Waals surface area (Å²) in [6.45, 7) is 15.6. The number of ether oxygens (including phenoxy) is 2. The average molecular weight is 525 g/mol. The van der Waals surface area contributed by atoms with Gasteiger partial charge in [0.1, 0.15) is 0 Å². The summed E-state index contributed by atoms with van der Waals surface area (Å²) < 4.78 is 10.6. The van der Waals surface area contributed by atoms with Crippen LogP contribution in [0.5, 0.6) is 0 Å². The molecule has 0 amide bonds. The van der Waals surface area contributed by atoms with Gasteiger partial charge in [0.15, 0.2) is 0 Å². The van der Waals surface area contributed by atoms with Crippen LogP contribution in [0.4, 0.5) is 0 Å². The van der Waals surface area contributed by atoms with E-state index in [0.717, 1.165) is 34.2 Å². The van der Waals surface area contributed by atoms with Crippen molar-refractivity contribution in [3.63, 3.8) is 0 Å². The number of carbonyl (C=O) groups excluding carboxylic acids is 2. The van der Waals surface area contributed by atoms with E-state index in [0.29, 0.717) is 17.7 Å². The van der Waals surface area contributed by atoms with Crippen LogP contribution >= 0.6 is 0 Å². The number of benzene rings is 3. The SMILES string of the molecule is CCOC(=O)c1cccc(-c2c(/C=C(\C)c3ccc4c(c3)C(C)(C)CCC4(C)C)cccc2C(=O)OCC)c1. The highest BCUT2D eigenvalue weighted by Crippen LogP contribution is 2.46. The van der Waals surface area contributed by atoms with Gasteiger partial charge in [-0.1, -0.05) is 76.2 Å². The number of carbonyl (C=O) groups is 2. The van der Waals surface area contributed by atoms with Crippen LogP contribution in [0.15, 0.2) is 60.7 Å². The van der Waals surface area contributed by atoms with Gasteiger partial charge in [0.05, 0.1) is 24.3 Å². The van der Waals surface area contributed by atoms with Crippen molar-refractivity contribution in [3.8, 4) is 11.1 Å². The Hall–Kier alpha value is -3.66. The monoisotopic (exact) mass is 524 g/mol. The molecule has 0 heterocycles. The average Bonchev–Trinajstić information content (AvgIpc) is 2.91. The quantitative estimate of drug-likeness (QED) is 0.229. The van der Waals surface area contributed by atoms with Crippen LogP contribution in [-0.4, -0.2) is 25.2 Å². The Bertz CT molecular complexity index is 1420. The Kier molecular flexibility index (Phi) is 8.15. The van der Waals surface area contributed by atoms with E-state index in [4.69, 9.17) is 9.47 Å². The standard InChI is InChI=1S/C35H40O4/c1-8-38-32(36)27-14-10-12-26(21-27)31-25(13-11-15-28(31)33(37)39-9-2)20-23(3)24-16-17-29-30(22-24)35(6,7)19-18-34(29,4)5/h10-17,20-22H,8-9,18-19H2,1-7H3/b23-20+. The fourth-order valence-electron chi connectivity index (χ4n) is 5.56. The summed E-state index contributed by atoms with van der Waals surface area (Å²) in [6, 6.07) is 19.8. The smallest absolute Gasteiger partial charge is 0.338 e. The minimum atomic E-state index is -0.389. The van der Waals surface area contributed by atoms with Crippen molar-refractivity contribution in [2.75, 3.05) is 13.2 Å². The van der Waals surface area contributed by atoms with E-state index in [1.807, 2.05) is 24.3 Å². The van der Waals surface area contributed by atoms with Crippen molar-refractivity contribution in [3.05, 3.63) is 94.0 Å². The molecule has 0 unspecified atom stereocenters. The summed E-state index contributed by atoms with van der Waals surface area (Å²) in [7, 11) is 0. The van der Waals surface area contributed by atoms with Crippen LogP contribution < -0.4 is 0 Å². The topological polar surface area (TPSA) is 52.6 Å². The van der Waals surface area contributed by atoms with Gasteiger partial charge in [-0.15, -0.1) is 0 Å². The number of fused-ring (bicyclic) bond motifs is 1. The van der Waals surface area contributed by atoms with Gasteiger partial charge >= 0.3 is 11.9 Å². The number of rotatable bonds is 7. The molecule has 1 aliphatic carbocycles. The molecule has 0 bridgehead atoms. The van der Waals surface area contributed by atoms with Crippen LogP contribution in [0.3, 0.4) is 0 Å². The molecule has 0 saturated heterocycles. The molecule has 3 aromatic rings. The molecule has 4 nitrogen and oxygen atoms in total. The number of esters is 2. The largest absolute Gasteiger partial charge is 0.462 e. The molecule has 0 radical (unpaired) electrons. The van der Waals surface area contributed by atoms with Gasteiger partial charge in [0, 0.05) is 5.56 Å². The lowest BCUT2D eigenvalue weighted by molar-refractivity contribution is 0.0518. The van der Waals surface area contributed by atoms with Crippen molar-refractivity contribution in [2.24, 2.45) is 0 Å². The Morgan fingerprint density at radius 1 is 0.769 bits per heavy atom. The molecule has 3 aromatic carbocycles. The summed E-state index contributed by atoms with van der Waals surface area (Å²) in [4.78, 5) is 25.5. The Labute approximate surface area is 233 Å². The van der Waals surface area contributed by atoms with Gasteiger partial charge < -0.3 is 9.47 Å². The summed E-state index contributed by atoms with van der Waals surface area (Å²) in [5.74, 6) is -0.777. The Balaban J connectivity index is 1.86. The lowest BCUT2D eigenvalue weighted by Crippen LogP contribution is -2.33. The van der Waals surface area contributed by atoms with Crippen molar-refractivity contribution in [1.82, 2.24) is 0 Å². The number of allylic oxidation sites excluding steroid dienone is 1. The Morgan fingerprint density at radius 3 is 2.10 bits per heavy atom. The summed E-state index contributed by atoms with van der Waals surface area (Å²) in [5, 5.41) is 0. The Morgan fingerprint density at radius 2 is 1.41 bits per heavy atom. The molecular formula is C35H40O4. The lowest BCUT2D eigenvalue weighted by atomic mass is 9.63. The van der Waals surface area contributed by atoms with E-state index in [9.17, 15) is 9.59 Å². The summed E-state index contributed by atoms with van der Waals surface area (Å²) >= 11 is 0. The molecule has 0 spiro atoms. The van der Waals surface area contributed by atoms with Gasteiger partial charge in [0.2, 0.25) is 0 Å². The van der Waals surface area contributed by atoms with Gasteiger partial charge in [0.25, 0.3) is 0 Å². The first-order chi connectivity index (χ1) is 18.5. The number of hydrogen-bond acceptors (Lipinski definition) is 4. The third-order valence-electron chi connectivity index (χ3n) is 7.93. The van der Waals surface area contributed by atoms with E-state index >= 15 is 0 Å². The van der Waals surface area contributed by atoms with Crippen molar-refractivity contribution in [1.29, 1.82) is 0 Å². The fraction of sp³-hybridized carbons (Fsp3) is 0.371. The van der Waals surface area contributed by atoms with Crippen LogP contribution in [-0.2, 0) is 20.3 Å². The second-order valence-electron chi connectivity index (χ2n) is 11.6. The molecule has 4 rings (SSSR count). The summed E-state index contributed by atoms with van der Waals surface area (Å²) in [6.07, 6.45) is 4.45. The highest BCUT2D eigenvalue weighted by molar-refractivity contribution is 6.02. The zero-order valence-electron chi connectivity index (χ0n) is 24.3. The maximum atomic E-state index is 13.0. The molecule has 39 heavy (non-hydrogen) atoms. The van der Waals surface area contributed by atoms with Gasteiger partial charge in [-0.2, -0.15) is 0 Å². The second kappa shape index (κ2) is 11.2. The molecule has 0 N–H and O–H groups in total. The van der Waals surface area contributed by atoms with Gasteiger partial charge in [-0.05, 0) is 96.0 Å².